The average molecular weight is 389 g/mol. The summed E-state index contributed by atoms with van der Waals surface area (Å²) in [6.45, 7) is 3.12. The lowest BCUT2D eigenvalue weighted by molar-refractivity contribution is -0.144. The summed E-state index contributed by atoms with van der Waals surface area (Å²) in [4.78, 5) is 13.9. The van der Waals surface area contributed by atoms with Crippen molar-refractivity contribution in [3.05, 3.63) is 29.8 Å². The number of aliphatic imine (C=N–C) groups is 1. The van der Waals surface area contributed by atoms with Gasteiger partial charge in [0.15, 0.2) is 0 Å². The molecule has 2 rings (SSSR count). The van der Waals surface area contributed by atoms with E-state index < -0.39 is 43.9 Å². The molecule has 0 amide bonds. The summed E-state index contributed by atoms with van der Waals surface area (Å²) in [5, 5.41) is -0.636. The zero-order chi connectivity index (χ0) is 18.3. The van der Waals surface area contributed by atoms with Gasteiger partial charge in [0.2, 0.25) is 0 Å². The van der Waals surface area contributed by atoms with E-state index in [1.165, 1.54) is 11.6 Å². The van der Waals surface area contributed by atoms with Crippen LogP contribution in [0.1, 0.15) is 25.8 Å². The van der Waals surface area contributed by atoms with Gasteiger partial charge in [-0.2, -0.15) is 0 Å². The summed E-state index contributed by atoms with van der Waals surface area (Å²) < 4.78 is 72.1. The van der Waals surface area contributed by atoms with Gasteiger partial charge in [0.1, 0.15) is 10.4 Å². The van der Waals surface area contributed by atoms with Crippen molar-refractivity contribution in [3.8, 4) is 0 Å². The maximum Gasteiger partial charge on any atom is 0.310 e. The van der Waals surface area contributed by atoms with Gasteiger partial charge in [-0.05, 0) is 13.0 Å². The maximum absolute atomic E-state index is 13.5. The molecule has 0 saturated carbocycles. The molecule has 0 aromatic heterocycles. The van der Waals surface area contributed by atoms with Gasteiger partial charge in [0.05, 0.1) is 18.6 Å². The van der Waals surface area contributed by atoms with Gasteiger partial charge >= 0.3 is 16.2 Å². The lowest BCUT2D eigenvalue weighted by Gasteiger charge is -2.44. The fourth-order valence-corrected chi connectivity index (χ4v) is 4.52. The van der Waals surface area contributed by atoms with Crippen molar-refractivity contribution in [2.75, 3.05) is 6.61 Å². The first kappa shape index (κ1) is 19.0. The molecule has 136 valence electrons. The zero-order valence-corrected chi connectivity index (χ0v) is 14.5. The third kappa shape index (κ3) is 3.69. The van der Waals surface area contributed by atoms with E-state index >= 15 is 0 Å². The van der Waals surface area contributed by atoms with Crippen LogP contribution in [0.5, 0.6) is 0 Å². The van der Waals surface area contributed by atoms with Crippen molar-refractivity contribution in [1.29, 1.82) is 0 Å². The van der Waals surface area contributed by atoms with Gasteiger partial charge in [-0.3, -0.25) is 9.79 Å². The Bertz CT molecular complexity index is 692. The maximum atomic E-state index is 13.5. The zero-order valence-electron chi connectivity index (χ0n) is 12.8. The van der Waals surface area contributed by atoms with Crippen LogP contribution in [-0.4, -0.2) is 23.4 Å². The standard InChI is InChI=1S/C14H16F5NO2S2/c1-3-22-13(21)8-14(10(2)23-9-20-14)11-6-4-5-7-12(11)24(15,16,17,18)19/h4-7,9-10H,3,8H2,1-2H3. The van der Waals surface area contributed by atoms with E-state index in [0.717, 1.165) is 23.9 Å². The van der Waals surface area contributed by atoms with Crippen LogP contribution in [0.15, 0.2) is 34.2 Å². The molecule has 0 fully saturated rings. The van der Waals surface area contributed by atoms with E-state index in [1.54, 1.807) is 13.8 Å². The van der Waals surface area contributed by atoms with Gasteiger partial charge < -0.3 is 4.74 Å². The van der Waals surface area contributed by atoms with E-state index in [0.29, 0.717) is 6.07 Å². The number of hydrogen-bond donors (Lipinski definition) is 0. The minimum atomic E-state index is -9.95. The molecule has 1 aliphatic heterocycles. The number of hydrogen-bond acceptors (Lipinski definition) is 4. The second-order valence-corrected chi connectivity index (χ2v) is 8.95. The molecule has 2 unspecified atom stereocenters. The molecule has 0 saturated heterocycles. The van der Waals surface area contributed by atoms with E-state index in [1.807, 2.05) is 0 Å². The molecule has 0 N–H and O–H groups in total. The molecule has 1 heterocycles. The van der Waals surface area contributed by atoms with Gasteiger partial charge in [-0.1, -0.05) is 44.6 Å². The van der Waals surface area contributed by atoms with Crippen LogP contribution in [0.4, 0.5) is 19.4 Å². The number of esters is 1. The van der Waals surface area contributed by atoms with Crippen LogP contribution in [0.25, 0.3) is 0 Å². The number of ether oxygens (including phenoxy) is 1. The lowest BCUT2D eigenvalue weighted by Crippen LogP contribution is -2.36. The first-order valence-electron chi connectivity index (χ1n) is 6.98. The number of carbonyl (C=O) groups is 1. The van der Waals surface area contributed by atoms with Gasteiger partial charge in [-0.15, -0.1) is 11.8 Å². The molecule has 0 spiro atoms. The third-order valence-corrected chi connectivity index (χ3v) is 5.92. The summed E-state index contributed by atoms with van der Waals surface area (Å²) in [5.41, 5.74) is -1.17. The predicted octanol–water partition coefficient (Wildman–Crippen LogP) is 5.66. The first-order chi connectivity index (χ1) is 10.8. The van der Waals surface area contributed by atoms with Crippen LogP contribution < -0.4 is 0 Å². The highest BCUT2D eigenvalue weighted by atomic mass is 32.5. The normalized spacial score (nSPS) is 26.7. The number of benzene rings is 1. The first-order valence-corrected chi connectivity index (χ1v) is 9.88. The quantitative estimate of drug-likeness (QED) is 0.482. The van der Waals surface area contributed by atoms with Crippen molar-refractivity contribution in [1.82, 2.24) is 0 Å². The Kier molecular flexibility index (Phi) is 4.25. The molecule has 2 atom stereocenters. The van der Waals surface area contributed by atoms with Crippen LogP contribution in [0.2, 0.25) is 0 Å². The Morgan fingerprint density at radius 2 is 1.92 bits per heavy atom. The van der Waals surface area contributed by atoms with Crippen molar-refractivity contribution in [2.45, 2.75) is 36.0 Å². The Morgan fingerprint density at radius 3 is 2.42 bits per heavy atom. The minimum absolute atomic E-state index is 0.0311. The Labute approximate surface area is 140 Å². The highest BCUT2D eigenvalue weighted by Gasteiger charge is 2.68. The molecule has 10 heteroatoms. The highest BCUT2D eigenvalue weighted by molar-refractivity contribution is 8.45. The van der Waals surface area contributed by atoms with Gasteiger partial charge in [0.25, 0.3) is 0 Å². The fraction of sp³-hybridized carbons (Fsp3) is 0.429. The number of nitrogens with zero attached hydrogens (tertiary/aromatic N) is 1. The summed E-state index contributed by atoms with van der Waals surface area (Å²) >= 11 is 1.08. The topological polar surface area (TPSA) is 38.7 Å². The molecule has 0 radical (unpaired) electrons. The summed E-state index contributed by atoms with van der Waals surface area (Å²) in [7, 11) is -9.95. The van der Waals surface area contributed by atoms with Crippen molar-refractivity contribution in [3.63, 3.8) is 0 Å². The third-order valence-electron chi connectivity index (χ3n) is 3.71. The van der Waals surface area contributed by atoms with Crippen LogP contribution >= 0.6 is 22.0 Å². The Balaban J connectivity index is 2.67. The lowest BCUT2D eigenvalue weighted by atomic mass is 9.84. The molecule has 24 heavy (non-hydrogen) atoms. The molecular formula is C14H16F5NO2S2. The average Bonchev–Trinajstić information content (AvgIpc) is 2.79. The van der Waals surface area contributed by atoms with E-state index in [2.05, 4.69) is 4.99 Å². The van der Waals surface area contributed by atoms with Crippen LogP contribution in [0, 0.1) is 0 Å². The van der Waals surface area contributed by atoms with Crippen LogP contribution in [0.3, 0.4) is 0 Å². The summed E-state index contributed by atoms with van der Waals surface area (Å²) in [6.07, 6.45) is -0.545. The molecule has 1 aromatic rings. The molecule has 1 aromatic carbocycles. The van der Waals surface area contributed by atoms with Gasteiger partial charge in [0, 0.05) is 10.8 Å². The number of carbonyl (C=O) groups excluding carboxylic acids is 1. The monoisotopic (exact) mass is 389 g/mol. The smallest absolute Gasteiger partial charge is 0.310 e. The number of rotatable bonds is 5. The Morgan fingerprint density at radius 1 is 1.29 bits per heavy atom. The number of halogens is 5. The molecule has 1 aliphatic rings. The van der Waals surface area contributed by atoms with Crippen molar-refractivity contribution < 1.29 is 29.0 Å². The molecule has 0 bridgehead atoms. The molecule has 3 nitrogen and oxygen atoms in total. The highest BCUT2D eigenvalue weighted by Crippen LogP contribution is 3.02. The van der Waals surface area contributed by atoms with Crippen molar-refractivity contribution >= 4 is 33.5 Å². The molecule has 0 aliphatic carbocycles. The molecular weight excluding hydrogens is 373 g/mol. The van der Waals surface area contributed by atoms with E-state index in [9.17, 15) is 24.2 Å². The Hall–Kier alpha value is -1.29. The van der Waals surface area contributed by atoms with E-state index in [4.69, 9.17) is 4.74 Å². The number of thioether (sulfide) groups is 1. The van der Waals surface area contributed by atoms with Gasteiger partial charge in [-0.25, -0.2) is 0 Å². The minimum Gasteiger partial charge on any atom is -0.466 e. The second kappa shape index (κ2) is 5.35. The van der Waals surface area contributed by atoms with E-state index in [-0.39, 0.29) is 6.61 Å². The van der Waals surface area contributed by atoms with Crippen LogP contribution in [-0.2, 0) is 15.1 Å². The second-order valence-electron chi connectivity index (χ2n) is 5.38. The predicted molar refractivity (Wildman–Crippen MR) is 86.3 cm³/mol. The summed E-state index contributed by atoms with van der Waals surface area (Å²) in [5.74, 6) is -0.791. The summed E-state index contributed by atoms with van der Waals surface area (Å²) in [6, 6.07) is 3.41. The SMILES string of the molecule is CCOC(=O)CC1(c2ccccc2S(F)(F)(F)(F)F)N=CSC1C. The van der Waals surface area contributed by atoms with Crippen molar-refractivity contribution in [2.24, 2.45) is 4.99 Å². The fourth-order valence-electron chi connectivity index (χ4n) is 2.60. The largest absolute Gasteiger partial charge is 0.466 e.